The lowest BCUT2D eigenvalue weighted by Crippen LogP contribution is -2.52. The zero-order chi connectivity index (χ0) is 13.1. The van der Waals surface area contributed by atoms with Gasteiger partial charge in [0.05, 0.1) is 6.10 Å². The minimum atomic E-state index is -0.334. The third-order valence-corrected chi connectivity index (χ3v) is 5.30. The number of rotatable bonds is 0. The highest BCUT2D eigenvalue weighted by molar-refractivity contribution is 5.91. The Balaban J connectivity index is 2.03. The van der Waals surface area contributed by atoms with Gasteiger partial charge in [-0.2, -0.15) is 0 Å². The molecule has 1 saturated heterocycles. The van der Waals surface area contributed by atoms with Gasteiger partial charge >= 0.3 is 5.97 Å². The molecule has 1 saturated carbocycles. The fraction of sp³-hybridized carbons (Fsp3) is 0.667. The van der Waals surface area contributed by atoms with Crippen LogP contribution in [0.2, 0.25) is 0 Å². The quantitative estimate of drug-likeness (QED) is 0.406. The van der Waals surface area contributed by atoms with E-state index in [1.165, 1.54) is 5.57 Å². The number of carbonyl (C=O) groups excluding carboxylic acids is 1. The molecule has 1 heterocycles. The number of esters is 1. The molecule has 98 valence electrons. The molecule has 2 fully saturated rings. The second-order valence-corrected chi connectivity index (χ2v) is 6.22. The molecule has 1 aliphatic heterocycles. The first-order valence-corrected chi connectivity index (χ1v) is 6.69. The summed E-state index contributed by atoms with van der Waals surface area (Å²) >= 11 is 0. The van der Waals surface area contributed by atoms with Gasteiger partial charge in [0, 0.05) is 22.8 Å². The van der Waals surface area contributed by atoms with E-state index in [0.717, 1.165) is 12.8 Å². The van der Waals surface area contributed by atoms with Crippen LogP contribution in [0.25, 0.3) is 0 Å². The van der Waals surface area contributed by atoms with Crippen LogP contribution in [0, 0.1) is 17.3 Å². The van der Waals surface area contributed by atoms with Gasteiger partial charge < -0.3 is 9.84 Å². The molecule has 5 atom stereocenters. The SMILES string of the molecule is C=C1C(=O)O[C@H]2[C@H]3C(C)=CC[C@@H](O)[C@]3(C)CC[C@@H]12. The summed E-state index contributed by atoms with van der Waals surface area (Å²) in [5, 5.41) is 10.3. The van der Waals surface area contributed by atoms with Crippen LogP contribution in [-0.2, 0) is 9.53 Å². The maximum atomic E-state index is 11.7. The maximum absolute atomic E-state index is 11.7. The zero-order valence-electron chi connectivity index (χ0n) is 11.0. The fourth-order valence-corrected chi connectivity index (χ4v) is 4.11. The van der Waals surface area contributed by atoms with Gasteiger partial charge in [0.2, 0.25) is 0 Å². The molecule has 0 amide bonds. The molecule has 0 aromatic heterocycles. The molecule has 18 heavy (non-hydrogen) atoms. The van der Waals surface area contributed by atoms with Crippen molar-refractivity contribution in [3.63, 3.8) is 0 Å². The molecule has 0 radical (unpaired) electrons. The second kappa shape index (κ2) is 3.70. The maximum Gasteiger partial charge on any atom is 0.334 e. The molecule has 3 rings (SSSR count). The van der Waals surface area contributed by atoms with E-state index in [1.807, 2.05) is 0 Å². The van der Waals surface area contributed by atoms with Crippen molar-refractivity contribution in [2.75, 3.05) is 0 Å². The van der Waals surface area contributed by atoms with Crippen LogP contribution < -0.4 is 0 Å². The summed E-state index contributed by atoms with van der Waals surface area (Å²) in [7, 11) is 0. The number of fused-ring (bicyclic) bond motifs is 3. The van der Waals surface area contributed by atoms with Crippen LogP contribution in [0.1, 0.15) is 33.1 Å². The number of ether oxygens (including phenoxy) is 1. The topological polar surface area (TPSA) is 46.5 Å². The van der Waals surface area contributed by atoms with Crippen molar-refractivity contribution in [2.45, 2.75) is 45.3 Å². The van der Waals surface area contributed by atoms with Crippen LogP contribution >= 0.6 is 0 Å². The molecule has 0 aromatic rings. The summed E-state index contributed by atoms with van der Waals surface area (Å²) in [6.07, 6.45) is 4.18. The number of hydrogen-bond donors (Lipinski definition) is 1. The Morgan fingerprint density at radius 3 is 3.00 bits per heavy atom. The average Bonchev–Trinajstić information content (AvgIpc) is 2.60. The van der Waals surface area contributed by atoms with E-state index in [0.29, 0.717) is 12.0 Å². The van der Waals surface area contributed by atoms with Crippen LogP contribution in [-0.4, -0.2) is 23.3 Å². The summed E-state index contributed by atoms with van der Waals surface area (Å²) in [6.45, 7) is 8.09. The fourth-order valence-electron chi connectivity index (χ4n) is 4.11. The van der Waals surface area contributed by atoms with Crippen molar-refractivity contribution in [3.05, 3.63) is 23.8 Å². The molecule has 0 aromatic carbocycles. The van der Waals surface area contributed by atoms with Crippen LogP contribution in [0.4, 0.5) is 0 Å². The first kappa shape index (κ1) is 12.0. The normalized spacial score (nSPS) is 47.2. The molecule has 1 N–H and O–H groups in total. The Morgan fingerprint density at radius 1 is 1.56 bits per heavy atom. The van der Waals surface area contributed by atoms with E-state index >= 15 is 0 Å². The van der Waals surface area contributed by atoms with Gasteiger partial charge in [0.25, 0.3) is 0 Å². The number of hydrogen-bond acceptors (Lipinski definition) is 3. The van der Waals surface area contributed by atoms with Crippen LogP contribution in [0.5, 0.6) is 0 Å². The van der Waals surface area contributed by atoms with Gasteiger partial charge in [-0.25, -0.2) is 4.79 Å². The van der Waals surface area contributed by atoms with Crippen molar-refractivity contribution in [1.82, 2.24) is 0 Å². The Hall–Kier alpha value is -1.09. The van der Waals surface area contributed by atoms with Crippen molar-refractivity contribution in [3.8, 4) is 0 Å². The first-order chi connectivity index (χ1) is 8.45. The van der Waals surface area contributed by atoms with E-state index in [1.54, 1.807) is 0 Å². The summed E-state index contributed by atoms with van der Waals surface area (Å²) in [5.41, 5.74) is 1.71. The highest BCUT2D eigenvalue weighted by atomic mass is 16.6. The minimum Gasteiger partial charge on any atom is -0.458 e. The molecule has 2 aliphatic carbocycles. The van der Waals surface area contributed by atoms with Crippen molar-refractivity contribution in [1.29, 1.82) is 0 Å². The van der Waals surface area contributed by atoms with Gasteiger partial charge in [0.15, 0.2) is 0 Å². The molecule has 0 bridgehead atoms. The molecule has 0 unspecified atom stereocenters. The first-order valence-electron chi connectivity index (χ1n) is 6.69. The standard InChI is InChI=1S/C15H20O3/c1-8-4-5-11(16)15(3)7-6-10-9(2)14(17)18-13(10)12(8)15/h4,10-13,16H,2,5-7H2,1,3H3/t10-,11+,12+,13+,15-/m0/s1. The predicted octanol–water partition coefficient (Wildman–Crippen LogP) is 2.21. The number of aliphatic hydroxyl groups is 1. The van der Waals surface area contributed by atoms with Gasteiger partial charge in [-0.3, -0.25) is 0 Å². The third-order valence-electron chi connectivity index (χ3n) is 5.30. The van der Waals surface area contributed by atoms with Crippen LogP contribution in [0.15, 0.2) is 23.8 Å². The molecule has 3 nitrogen and oxygen atoms in total. The van der Waals surface area contributed by atoms with Crippen molar-refractivity contribution >= 4 is 5.97 Å². The van der Waals surface area contributed by atoms with E-state index in [2.05, 4.69) is 26.5 Å². The highest BCUT2D eigenvalue weighted by Gasteiger charge is 2.57. The highest BCUT2D eigenvalue weighted by Crippen LogP contribution is 2.56. The van der Waals surface area contributed by atoms with Crippen molar-refractivity contribution in [2.24, 2.45) is 17.3 Å². The molecular formula is C15H20O3. The summed E-state index contributed by atoms with van der Waals surface area (Å²) in [5.74, 6) is 0.0366. The molecular weight excluding hydrogens is 228 g/mol. The monoisotopic (exact) mass is 248 g/mol. The van der Waals surface area contributed by atoms with Gasteiger partial charge in [-0.15, -0.1) is 0 Å². The Bertz CT molecular complexity index is 451. The summed E-state index contributed by atoms with van der Waals surface area (Å²) in [6, 6.07) is 0. The van der Waals surface area contributed by atoms with Crippen LogP contribution in [0.3, 0.4) is 0 Å². The van der Waals surface area contributed by atoms with Gasteiger partial charge in [-0.1, -0.05) is 25.2 Å². The van der Waals surface area contributed by atoms with E-state index in [-0.39, 0.29) is 35.4 Å². The van der Waals surface area contributed by atoms with Gasteiger partial charge in [-0.05, 0) is 26.2 Å². The van der Waals surface area contributed by atoms with Crippen molar-refractivity contribution < 1.29 is 14.6 Å². The number of carbonyl (C=O) groups is 1. The number of aliphatic hydroxyl groups excluding tert-OH is 1. The zero-order valence-corrected chi connectivity index (χ0v) is 11.0. The lowest BCUT2D eigenvalue weighted by Gasteiger charge is -2.51. The van der Waals surface area contributed by atoms with E-state index in [4.69, 9.17) is 4.74 Å². The predicted molar refractivity (Wildman–Crippen MR) is 67.7 cm³/mol. The average molecular weight is 248 g/mol. The molecule has 3 aliphatic rings. The molecule has 0 spiro atoms. The summed E-state index contributed by atoms with van der Waals surface area (Å²) < 4.78 is 5.54. The van der Waals surface area contributed by atoms with E-state index in [9.17, 15) is 9.90 Å². The lowest BCUT2D eigenvalue weighted by atomic mass is 9.55. The smallest absolute Gasteiger partial charge is 0.334 e. The Morgan fingerprint density at radius 2 is 2.28 bits per heavy atom. The minimum absolute atomic E-state index is 0.116. The van der Waals surface area contributed by atoms with Gasteiger partial charge in [0.1, 0.15) is 6.10 Å². The lowest BCUT2D eigenvalue weighted by molar-refractivity contribution is -0.149. The summed E-state index contributed by atoms with van der Waals surface area (Å²) in [4.78, 5) is 11.7. The Labute approximate surface area is 108 Å². The largest absolute Gasteiger partial charge is 0.458 e. The third kappa shape index (κ3) is 1.37. The second-order valence-electron chi connectivity index (χ2n) is 6.22. The molecule has 3 heteroatoms. The Kier molecular flexibility index (Phi) is 2.46. The van der Waals surface area contributed by atoms with E-state index < -0.39 is 0 Å².